The van der Waals surface area contributed by atoms with Crippen molar-refractivity contribution >= 4 is 10.0 Å². The molecule has 1 unspecified atom stereocenters. The lowest BCUT2D eigenvalue weighted by molar-refractivity contribution is 0.468. The highest BCUT2D eigenvalue weighted by atomic mass is 32.2. The van der Waals surface area contributed by atoms with Gasteiger partial charge < -0.3 is 5.73 Å². The van der Waals surface area contributed by atoms with Gasteiger partial charge in [-0.05, 0) is 30.4 Å². The lowest BCUT2D eigenvalue weighted by Gasteiger charge is -2.33. The fourth-order valence-corrected chi connectivity index (χ4v) is 3.06. The molecule has 4 N–H and O–H groups in total. The van der Waals surface area contributed by atoms with E-state index in [2.05, 4.69) is 0 Å². The van der Waals surface area contributed by atoms with Crippen LogP contribution in [-0.2, 0) is 21.3 Å². The number of benzene rings is 1. The van der Waals surface area contributed by atoms with Crippen LogP contribution < -0.4 is 10.9 Å². The molecule has 1 aliphatic rings. The maximum atomic E-state index is 11.5. The first-order valence-electron chi connectivity index (χ1n) is 4.85. The average molecular weight is 226 g/mol. The minimum absolute atomic E-state index is 0.392. The number of nitrogens with two attached hydrogens (primary N) is 2. The van der Waals surface area contributed by atoms with Crippen LogP contribution in [0.25, 0.3) is 0 Å². The molecule has 1 atom stereocenters. The summed E-state index contributed by atoms with van der Waals surface area (Å²) in [5, 5.41) is 5.21. The second-order valence-corrected chi connectivity index (χ2v) is 5.76. The molecule has 0 radical (unpaired) electrons. The van der Waals surface area contributed by atoms with E-state index < -0.39 is 14.9 Å². The fraction of sp³-hybridized carbons (Fsp3) is 0.400. The van der Waals surface area contributed by atoms with Crippen molar-refractivity contribution in [2.24, 2.45) is 10.9 Å². The molecule has 5 heteroatoms. The molecule has 0 saturated heterocycles. The minimum atomic E-state index is -3.76. The quantitative estimate of drug-likeness (QED) is 0.727. The van der Waals surface area contributed by atoms with Gasteiger partial charge in [-0.1, -0.05) is 24.3 Å². The van der Waals surface area contributed by atoms with Gasteiger partial charge in [0.25, 0.3) is 0 Å². The van der Waals surface area contributed by atoms with E-state index in [0.717, 1.165) is 18.4 Å². The number of aryl methyl sites for hydroxylation is 1. The summed E-state index contributed by atoms with van der Waals surface area (Å²) in [4.78, 5) is -1.40. The molecule has 0 saturated carbocycles. The van der Waals surface area contributed by atoms with Crippen molar-refractivity contribution in [3.05, 3.63) is 35.4 Å². The first-order chi connectivity index (χ1) is 6.95. The van der Waals surface area contributed by atoms with Crippen LogP contribution >= 0.6 is 0 Å². The molecule has 82 valence electrons. The molecule has 2 rings (SSSR count). The molecule has 0 heterocycles. The molecule has 15 heavy (non-hydrogen) atoms. The van der Waals surface area contributed by atoms with Gasteiger partial charge in [-0.15, -0.1) is 0 Å². The number of primary sulfonamides is 1. The van der Waals surface area contributed by atoms with E-state index in [4.69, 9.17) is 10.9 Å². The van der Waals surface area contributed by atoms with E-state index >= 15 is 0 Å². The summed E-state index contributed by atoms with van der Waals surface area (Å²) in [6, 6.07) is 7.32. The second-order valence-electron chi connectivity index (χ2n) is 3.95. The van der Waals surface area contributed by atoms with Gasteiger partial charge in [0.15, 0.2) is 4.87 Å². The van der Waals surface area contributed by atoms with Crippen LogP contribution in [0.15, 0.2) is 24.3 Å². The maximum Gasteiger partial charge on any atom is 0.232 e. The molecule has 0 aliphatic heterocycles. The van der Waals surface area contributed by atoms with Crippen molar-refractivity contribution in [3.63, 3.8) is 0 Å². The summed E-state index contributed by atoms with van der Waals surface area (Å²) >= 11 is 0. The van der Waals surface area contributed by atoms with Crippen molar-refractivity contribution in [2.75, 3.05) is 0 Å². The van der Waals surface area contributed by atoms with Crippen LogP contribution in [0.1, 0.15) is 24.0 Å². The van der Waals surface area contributed by atoms with Gasteiger partial charge in [0, 0.05) is 0 Å². The third-order valence-corrected chi connectivity index (χ3v) is 4.41. The van der Waals surface area contributed by atoms with Crippen LogP contribution in [-0.4, -0.2) is 8.42 Å². The maximum absolute atomic E-state index is 11.5. The Bertz CT molecular complexity index is 484. The lowest BCUT2D eigenvalue weighted by atomic mass is 9.88. The van der Waals surface area contributed by atoms with Gasteiger partial charge in [0.1, 0.15) is 0 Å². The molecular weight excluding hydrogens is 212 g/mol. The Morgan fingerprint density at radius 3 is 2.60 bits per heavy atom. The van der Waals surface area contributed by atoms with Gasteiger partial charge >= 0.3 is 0 Å². The van der Waals surface area contributed by atoms with Crippen molar-refractivity contribution in [3.8, 4) is 0 Å². The summed E-state index contributed by atoms with van der Waals surface area (Å²) in [6.45, 7) is 0. The van der Waals surface area contributed by atoms with E-state index in [1.165, 1.54) is 0 Å². The van der Waals surface area contributed by atoms with E-state index in [-0.39, 0.29) is 0 Å². The van der Waals surface area contributed by atoms with Crippen molar-refractivity contribution in [1.29, 1.82) is 0 Å². The minimum Gasteiger partial charge on any atom is -0.308 e. The summed E-state index contributed by atoms with van der Waals surface area (Å²) in [5.41, 5.74) is 7.57. The highest BCUT2D eigenvalue weighted by Gasteiger charge is 2.42. The number of rotatable bonds is 1. The van der Waals surface area contributed by atoms with Crippen LogP contribution in [0.5, 0.6) is 0 Å². The normalized spacial score (nSPS) is 26.0. The van der Waals surface area contributed by atoms with Gasteiger partial charge in [-0.3, -0.25) is 0 Å². The highest BCUT2D eigenvalue weighted by molar-refractivity contribution is 7.90. The Morgan fingerprint density at radius 2 is 1.93 bits per heavy atom. The Morgan fingerprint density at radius 1 is 1.27 bits per heavy atom. The zero-order valence-corrected chi connectivity index (χ0v) is 9.13. The molecule has 0 bridgehead atoms. The van der Waals surface area contributed by atoms with Crippen molar-refractivity contribution in [1.82, 2.24) is 0 Å². The summed E-state index contributed by atoms with van der Waals surface area (Å²) in [5.74, 6) is 0. The molecule has 1 aliphatic carbocycles. The predicted octanol–water partition coefficient (Wildman–Crippen LogP) is 0.423. The zero-order valence-electron chi connectivity index (χ0n) is 8.31. The topological polar surface area (TPSA) is 86.2 Å². The molecule has 0 fully saturated rings. The van der Waals surface area contributed by atoms with Crippen molar-refractivity contribution < 1.29 is 8.42 Å². The van der Waals surface area contributed by atoms with E-state index in [1.54, 1.807) is 12.1 Å². The standard InChI is InChI=1S/C10H14N2O2S/c11-10(15(12,13)14)7-3-5-8-4-1-2-6-9(8)10/h1-2,4,6H,3,5,7,11H2,(H2,12,13,14). The molecule has 4 nitrogen and oxygen atoms in total. The van der Waals surface area contributed by atoms with Gasteiger partial charge in [-0.25, -0.2) is 13.6 Å². The zero-order chi connectivity index (χ0) is 11.1. The predicted molar refractivity (Wildman–Crippen MR) is 58.4 cm³/mol. The third-order valence-electron chi connectivity index (χ3n) is 2.98. The first kappa shape index (κ1) is 10.6. The first-order valence-corrected chi connectivity index (χ1v) is 6.39. The van der Waals surface area contributed by atoms with Crippen molar-refractivity contribution in [2.45, 2.75) is 24.1 Å². The van der Waals surface area contributed by atoms with E-state index in [1.807, 2.05) is 12.1 Å². The molecule has 0 spiro atoms. The van der Waals surface area contributed by atoms with Gasteiger partial charge in [0.2, 0.25) is 10.0 Å². The van der Waals surface area contributed by atoms with Gasteiger partial charge in [-0.2, -0.15) is 0 Å². The smallest absolute Gasteiger partial charge is 0.232 e. The Labute approximate surface area is 89.3 Å². The number of hydrogen-bond acceptors (Lipinski definition) is 3. The average Bonchev–Trinajstić information content (AvgIpc) is 2.17. The Hall–Kier alpha value is -0.910. The Balaban J connectivity index is 2.65. The summed E-state index contributed by atoms with van der Waals surface area (Å²) in [6.07, 6.45) is 2.01. The van der Waals surface area contributed by atoms with E-state index in [9.17, 15) is 8.42 Å². The largest absolute Gasteiger partial charge is 0.308 e. The molecule has 0 amide bonds. The molecule has 1 aromatic rings. The third kappa shape index (κ3) is 1.56. The van der Waals surface area contributed by atoms with Gasteiger partial charge in [0.05, 0.1) is 0 Å². The SMILES string of the molecule is NC1(S(N)(=O)=O)CCCc2ccccc21. The monoisotopic (exact) mass is 226 g/mol. The molecular formula is C10H14N2O2S. The second kappa shape index (κ2) is 3.30. The van der Waals surface area contributed by atoms with Crippen LogP contribution in [0, 0.1) is 0 Å². The summed E-state index contributed by atoms with van der Waals surface area (Å²) < 4.78 is 23.0. The van der Waals surface area contributed by atoms with Crippen LogP contribution in [0.4, 0.5) is 0 Å². The number of fused-ring (bicyclic) bond motifs is 1. The lowest BCUT2D eigenvalue weighted by Crippen LogP contribution is -2.50. The van der Waals surface area contributed by atoms with Crippen LogP contribution in [0.3, 0.4) is 0 Å². The fourth-order valence-electron chi connectivity index (χ4n) is 2.12. The number of sulfonamides is 1. The molecule has 1 aromatic carbocycles. The summed E-state index contributed by atoms with van der Waals surface area (Å²) in [7, 11) is -3.76. The molecule has 0 aromatic heterocycles. The van der Waals surface area contributed by atoms with Crippen LogP contribution in [0.2, 0.25) is 0 Å². The number of hydrogen-bond donors (Lipinski definition) is 2. The van der Waals surface area contributed by atoms with E-state index in [0.29, 0.717) is 12.0 Å². The Kier molecular flexibility index (Phi) is 2.33. The highest BCUT2D eigenvalue weighted by Crippen LogP contribution is 2.35.